The van der Waals surface area contributed by atoms with Gasteiger partial charge < -0.3 is 29.0 Å². The number of aromatic nitrogens is 2. The van der Waals surface area contributed by atoms with Crippen molar-refractivity contribution in [2.24, 2.45) is 0 Å². The maximum absolute atomic E-state index is 8.60. The van der Waals surface area contributed by atoms with Gasteiger partial charge >= 0.3 is 0 Å². The maximum atomic E-state index is 8.60. The second-order valence-corrected chi connectivity index (χ2v) is 7.59. The third kappa shape index (κ3) is 4.24. The summed E-state index contributed by atoms with van der Waals surface area (Å²) in [6.07, 6.45) is 3.31. The van der Waals surface area contributed by atoms with Crippen LogP contribution in [0.25, 0.3) is 10.9 Å². The summed E-state index contributed by atoms with van der Waals surface area (Å²) >= 11 is 0. The van der Waals surface area contributed by atoms with Crippen LogP contribution in [0, 0.1) is 0 Å². The van der Waals surface area contributed by atoms with Gasteiger partial charge in [-0.25, -0.2) is 9.97 Å². The smallest absolute Gasteiger partial charge is 0.187 e. The van der Waals surface area contributed by atoms with Gasteiger partial charge in [-0.3, -0.25) is 0 Å². The molecule has 0 saturated carbocycles. The molecule has 0 radical (unpaired) electrons. The van der Waals surface area contributed by atoms with E-state index in [1.807, 2.05) is 12.1 Å². The van der Waals surface area contributed by atoms with Crippen LogP contribution < -0.4 is 14.4 Å². The van der Waals surface area contributed by atoms with E-state index >= 15 is 0 Å². The molecule has 2 fully saturated rings. The Morgan fingerprint density at radius 3 is 2.52 bits per heavy atom. The van der Waals surface area contributed by atoms with Crippen molar-refractivity contribution in [3.63, 3.8) is 0 Å². The molecule has 1 N–H and O–H groups in total. The predicted molar refractivity (Wildman–Crippen MR) is 111 cm³/mol. The summed E-state index contributed by atoms with van der Waals surface area (Å²) < 4.78 is 21.4. The van der Waals surface area contributed by atoms with Crippen molar-refractivity contribution in [1.29, 1.82) is 0 Å². The zero-order chi connectivity index (χ0) is 21.0. The second-order valence-electron chi connectivity index (χ2n) is 7.59. The number of aliphatic hydroxyl groups is 1. The number of hydrogen-bond acceptors (Lipinski definition) is 8. The largest absolute Gasteiger partial charge is 0.493 e. The van der Waals surface area contributed by atoms with E-state index in [0.717, 1.165) is 42.8 Å². The van der Waals surface area contributed by atoms with Crippen molar-refractivity contribution in [3.8, 4) is 11.5 Å². The Kier molecular flexibility index (Phi) is 6.77. The monoisotopic (exact) mass is 405 g/mol. The molecule has 0 amide bonds. The Balaban J connectivity index is 0.000000343. The summed E-state index contributed by atoms with van der Waals surface area (Å²) in [4.78, 5) is 11.1. The number of anilines is 1. The van der Waals surface area contributed by atoms with Crippen LogP contribution in [0.15, 0.2) is 18.5 Å². The summed E-state index contributed by atoms with van der Waals surface area (Å²) in [6, 6.07) is 3.87. The number of methoxy groups -OCH3 is 2. The van der Waals surface area contributed by atoms with Gasteiger partial charge in [-0.1, -0.05) is 0 Å². The Labute approximate surface area is 171 Å². The number of likely N-dealkylation sites (N-methyl/N-ethyl adjacent to an activating group) is 1. The average molecular weight is 405 g/mol. The van der Waals surface area contributed by atoms with Gasteiger partial charge in [0, 0.05) is 25.6 Å². The molecule has 29 heavy (non-hydrogen) atoms. The minimum Gasteiger partial charge on any atom is -0.493 e. The Hall–Kier alpha value is -2.16. The average Bonchev–Trinajstić information content (AvgIpc) is 3.35. The number of rotatable bonds is 4. The molecule has 1 aromatic heterocycles. The van der Waals surface area contributed by atoms with Gasteiger partial charge in [-0.15, -0.1) is 0 Å². The first kappa shape index (κ1) is 21.5. The van der Waals surface area contributed by atoms with Crippen LogP contribution in [0.3, 0.4) is 0 Å². The van der Waals surface area contributed by atoms with Crippen molar-refractivity contribution < 1.29 is 24.1 Å². The molecule has 2 aromatic rings. The Morgan fingerprint density at radius 2 is 2.00 bits per heavy atom. The molecule has 3 heterocycles. The SMILES string of the molecule is COc1ccc2c(N(C)C3(C)CCOC3C)ncnc2c1OC.OC1CCOC1. The quantitative estimate of drug-likeness (QED) is 0.830. The summed E-state index contributed by atoms with van der Waals surface area (Å²) in [7, 11) is 5.30. The van der Waals surface area contributed by atoms with Gasteiger partial charge in [0.25, 0.3) is 0 Å². The number of nitrogens with zero attached hydrogens (tertiary/aromatic N) is 3. The minimum absolute atomic E-state index is 0.103. The highest BCUT2D eigenvalue weighted by molar-refractivity contribution is 5.95. The topological polar surface area (TPSA) is 86.2 Å². The van der Waals surface area contributed by atoms with E-state index in [1.54, 1.807) is 20.5 Å². The molecule has 3 atom stereocenters. The fourth-order valence-electron chi connectivity index (χ4n) is 3.73. The lowest BCUT2D eigenvalue weighted by atomic mass is 9.92. The van der Waals surface area contributed by atoms with Crippen LogP contribution in [-0.2, 0) is 9.47 Å². The molecule has 0 bridgehead atoms. The van der Waals surface area contributed by atoms with E-state index in [2.05, 4.69) is 35.8 Å². The number of benzene rings is 1. The Bertz CT molecular complexity index is 827. The van der Waals surface area contributed by atoms with Gasteiger partial charge in [-0.2, -0.15) is 0 Å². The molecule has 2 aliphatic rings. The summed E-state index contributed by atoms with van der Waals surface area (Å²) in [5.41, 5.74) is 0.646. The third-order valence-corrected chi connectivity index (χ3v) is 5.97. The molecule has 4 rings (SSSR count). The summed E-state index contributed by atoms with van der Waals surface area (Å²) in [5, 5.41) is 9.54. The second kappa shape index (κ2) is 9.11. The van der Waals surface area contributed by atoms with Crippen LogP contribution in [0.4, 0.5) is 5.82 Å². The van der Waals surface area contributed by atoms with Crippen molar-refractivity contribution >= 4 is 16.7 Å². The lowest BCUT2D eigenvalue weighted by molar-refractivity contribution is 0.0987. The molecule has 8 heteroatoms. The van der Waals surface area contributed by atoms with E-state index < -0.39 is 0 Å². The van der Waals surface area contributed by atoms with E-state index in [0.29, 0.717) is 18.1 Å². The van der Waals surface area contributed by atoms with Gasteiger partial charge in [-0.05, 0) is 38.8 Å². The van der Waals surface area contributed by atoms with E-state index in [9.17, 15) is 0 Å². The molecule has 3 unspecified atom stereocenters. The number of hydrogen-bond donors (Lipinski definition) is 1. The van der Waals surface area contributed by atoms with Crippen LogP contribution in [-0.4, -0.2) is 73.9 Å². The van der Waals surface area contributed by atoms with Gasteiger partial charge in [0.05, 0.1) is 38.6 Å². The molecule has 1 aromatic carbocycles. The van der Waals surface area contributed by atoms with Gasteiger partial charge in [0.1, 0.15) is 17.7 Å². The van der Waals surface area contributed by atoms with Gasteiger partial charge in [0.15, 0.2) is 11.5 Å². The fourth-order valence-corrected chi connectivity index (χ4v) is 3.73. The van der Waals surface area contributed by atoms with Crippen molar-refractivity contribution in [2.45, 2.75) is 44.4 Å². The zero-order valence-corrected chi connectivity index (χ0v) is 17.8. The standard InChI is InChI=1S/C17H23N3O3.C4H8O2/c1-11-17(2,8-9-23-11)20(3)16-12-6-7-13(21-4)15(22-5)14(12)18-10-19-16;5-4-1-2-6-3-4/h6-7,10-11H,8-9H2,1-5H3;4-5H,1-3H2. The third-order valence-electron chi connectivity index (χ3n) is 5.97. The van der Waals surface area contributed by atoms with Crippen molar-refractivity contribution in [3.05, 3.63) is 18.5 Å². The molecule has 2 saturated heterocycles. The van der Waals surface area contributed by atoms with Crippen LogP contribution >= 0.6 is 0 Å². The summed E-state index contributed by atoms with van der Waals surface area (Å²) in [5.74, 6) is 2.16. The molecular formula is C21H31N3O5. The number of ether oxygens (including phenoxy) is 4. The zero-order valence-electron chi connectivity index (χ0n) is 17.8. The molecule has 160 valence electrons. The highest BCUT2D eigenvalue weighted by atomic mass is 16.5. The first-order valence-electron chi connectivity index (χ1n) is 9.89. The van der Waals surface area contributed by atoms with Crippen LogP contribution in [0.5, 0.6) is 11.5 Å². The fraction of sp³-hybridized carbons (Fsp3) is 0.619. The highest BCUT2D eigenvalue weighted by Gasteiger charge is 2.41. The van der Waals surface area contributed by atoms with Crippen LogP contribution in [0.2, 0.25) is 0 Å². The van der Waals surface area contributed by atoms with E-state index in [4.69, 9.17) is 24.1 Å². The lowest BCUT2D eigenvalue weighted by Gasteiger charge is -2.39. The van der Waals surface area contributed by atoms with Crippen LogP contribution in [0.1, 0.15) is 26.7 Å². The van der Waals surface area contributed by atoms with Crippen molar-refractivity contribution in [1.82, 2.24) is 9.97 Å². The van der Waals surface area contributed by atoms with E-state index in [1.165, 1.54) is 0 Å². The first-order valence-corrected chi connectivity index (χ1v) is 9.89. The predicted octanol–water partition coefficient (Wildman–Crippen LogP) is 2.42. The molecular weight excluding hydrogens is 374 g/mol. The number of fused-ring (bicyclic) bond motifs is 1. The van der Waals surface area contributed by atoms with Gasteiger partial charge in [0.2, 0.25) is 0 Å². The lowest BCUT2D eigenvalue weighted by Crippen LogP contribution is -2.49. The molecule has 0 spiro atoms. The Morgan fingerprint density at radius 1 is 1.21 bits per heavy atom. The maximum Gasteiger partial charge on any atom is 0.187 e. The molecule has 8 nitrogen and oxygen atoms in total. The van der Waals surface area contributed by atoms with Crippen molar-refractivity contribution in [2.75, 3.05) is 46.0 Å². The normalized spacial score (nSPS) is 26.1. The van der Waals surface area contributed by atoms with E-state index in [-0.39, 0.29) is 17.7 Å². The molecule has 2 aliphatic heterocycles. The summed E-state index contributed by atoms with van der Waals surface area (Å²) in [6.45, 7) is 6.36. The number of aliphatic hydroxyl groups excluding tert-OH is 1. The first-order chi connectivity index (χ1) is 13.9. The highest BCUT2D eigenvalue weighted by Crippen LogP contribution is 2.40. The minimum atomic E-state index is -0.176. The molecule has 0 aliphatic carbocycles.